The van der Waals surface area contributed by atoms with E-state index < -0.39 is 11.6 Å². The van der Waals surface area contributed by atoms with E-state index in [1.165, 1.54) is 6.07 Å². The van der Waals surface area contributed by atoms with E-state index in [0.717, 1.165) is 12.1 Å². The number of benzene rings is 1. The minimum atomic E-state index is -0.855. The van der Waals surface area contributed by atoms with Crippen molar-refractivity contribution in [3.8, 4) is 0 Å². The van der Waals surface area contributed by atoms with E-state index in [1.807, 2.05) is 19.0 Å². The fraction of sp³-hybridized carbons (Fsp3) is 0.400. The molecule has 0 aliphatic heterocycles. The zero-order valence-electron chi connectivity index (χ0n) is 8.80. The zero-order chi connectivity index (χ0) is 11.4. The maximum absolute atomic E-state index is 13.0. The number of hydrogen-bond acceptors (Lipinski definition) is 3. The molecule has 1 aromatic carbocycles. The maximum Gasteiger partial charge on any atom is 0.159 e. The van der Waals surface area contributed by atoms with Crippen LogP contribution in [0, 0.1) is 11.6 Å². The van der Waals surface area contributed by atoms with Crippen LogP contribution in [0.25, 0.3) is 0 Å². The summed E-state index contributed by atoms with van der Waals surface area (Å²) in [6.45, 7) is 0.613. The molecule has 84 valence electrons. The van der Waals surface area contributed by atoms with Crippen LogP contribution >= 0.6 is 0 Å². The Morgan fingerprint density at radius 3 is 2.47 bits per heavy atom. The first kappa shape index (κ1) is 12.0. The molecule has 0 bridgehead atoms. The van der Waals surface area contributed by atoms with Crippen LogP contribution in [-0.4, -0.2) is 25.5 Å². The van der Waals surface area contributed by atoms with E-state index in [2.05, 4.69) is 5.43 Å². The molecule has 0 amide bonds. The first-order valence-corrected chi connectivity index (χ1v) is 4.60. The molecular formula is C10H15F2N3. The molecule has 0 fully saturated rings. The van der Waals surface area contributed by atoms with Gasteiger partial charge in [0.25, 0.3) is 0 Å². The van der Waals surface area contributed by atoms with Crippen LogP contribution < -0.4 is 11.3 Å². The summed E-state index contributed by atoms with van der Waals surface area (Å²) in [6, 6.07) is 3.57. The van der Waals surface area contributed by atoms with Gasteiger partial charge in [0, 0.05) is 6.54 Å². The van der Waals surface area contributed by atoms with Gasteiger partial charge in [-0.05, 0) is 31.8 Å². The van der Waals surface area contributed by atoms with Crippen LogP contribution in [0.15, 0.2) is 18.2 Å². The van der Waals surface area contributed by atoms with Gasteiger partial charge in [0.1, 0.15) is 0 Å². The fourth-order valence-corrected chi connectivity index (χ4v) is 1.35. The van der Waals surface area contributed by atoms with Gasteiger partial charge in [0.2, 0.25) is 0 Å². The Morgan fingerprint density at radius 1 is 1.33 bits per heavy atom. The van der Waals surface area contributed by atoms with E-state index in [9.17, 15) is 8.78 Å². The predicted molar refractivity (Wildman–Crippen MR) is 55.0 cm³/mol. The topological polar surface area (TPSA) is 41.3 Å². The van der Waals surface area contributed by atoms with Crippen LogP contribution in [0.1, 0.15) is 11.6 Å². The average molecular weight is 215 g/mol. The molecule has 5 heteroatoms. The molecule has 0 heterocycles. The zero-order valence-corrected chi connectivity index (χ0v) is 8.80. The molecule has 0 aliphatic carbocycles. The Labute approximate surface area is 87.8 Å². The van der Waals surface area contributed by atoms with Crippen molar-refractivity contribution in [1.82, 2.24) is 10.3 Å². The third kappa shape index (κ3) is 3.23. The summed E-state index contributed by atoms with van der Waals surface area (Å²) in [6.07, 6.45) is 0. The van der Waals surface area contributed by atoms with Crippen molar-refractivity contribution in [2.45, 2.75) is 6.04 Å². The fourth-order valence-electron chi connectivity index (χ4n) is 1.35. The van der Waals surface area contributed by atoms with Crippen molar-refractivity contribution >= 4 is 0 Å². The van der Waals surface area contributed by atoms with E-state index in [0.29, 0.717) is 12.1 Å². The summed E-state index contributed by atoms with van der Waals surface area (Å²) in [4.78, 5) is 1.91. The monoisotopic (exact) mass is 215 g/mol. The van der Waals surface area contributed by atoms with Crippen LogP contribution in [0.5, 0.6) is 0 Å². The summed E-state index contributed by atoms with van der Waals surface area (Å²) < 4.78 is 25.6. The lowest BCUT2D eigenvalue weighted by Gasteiger charge is -2.20. The Kier molecular flexibility index (Phi) is 4.14. The molecule has 1 aromatic rings. The van der Waals surface area contributed by atoms with Gasteiger partial charge in [-0.25, -0.2) is 8.78 Å². The van der Waals surface area contributed by atoms with Crippen molar-refractivity contribution in [3.63, 3.8) is 0 Å². The van der Waals surface area contributed by atoms with Gasteiger partial charge in [-0.3, -0.25) is 11.3 Å². The number of nitrogens with zero attached hydrogens (tertiary/aromatic N) is 1. The molecule has 1 atom stereocenters. The lowest BCUT2D eigenvalue weighted by atomic mass is 10.1. The minimum Gasteiger partial charge on any atom is -0.307 e. The number of rotatable bonds is 4. The number of hydrogen-bond donors (Lipinski definition) is 2. The number of nitrogens with one attached hydrogen (secondary N) is 1. The summed E-state index contributed by atoms with van der Waals surface area (Å²) in [7, 11) is 3.76. The molecule has 1 rings (SSSR count). The molecule has 15 heavy (non-hydrogen) atoms. The average Bonchev–Trinajstić information content (AvgIpc) is 2.18. The molecule has 0 aromatic heterocycles. The minimum absolute atomic E-state index is 0.213. The highest BCUT2D eigenvalue weighted by atomic mass is 19.2. The van der Waals surface area contributed by atoms with Gasteiger partial charge in [-0.2, -0.15) is 0 Å². The molecule has 0 spiro atoms. The second kappa shape index (κ2) is 5.16. The summed E-state index contributed by atoms with van der Waals surface area (Å²) in [5.41, 5.74) is 3.20. The SMILES string of the molecule is CN(C)CC(NN)c1ccc(F)c(F)c1. The largest absolute Gasteiger partial charge is 0.307 e. The molecule has 0 saturated carbocycles. The van der Waals surface area contributed by atoms with Gasteiger partial charge in [-0.1, -0.05) is 6.07 Å². The highest BCUT2D eigenvalue weighted by molar-refractivity contribution is 5.21. The lowest BCUT2D eigenvalue weighted by molar-refractivity contribution is 0.343. The standard InChI is InChI=1S/C10H15F2N3/c1-15(2)6-10(14-13)7-3-4-8(11)9(12)5-7/h3-5,10,14H,6,13H2,1-2H3. The summed E-state index contributed by atoms with van der Waals surface area (Å²) in [5.74, 6) is 3.65. The predicted octanol–water partition coefficient (Wildman–Crippen LogP) is 1.03. The van der Waals surface area contributed by atoms with Crippen LogP contribution in [0.3, 0.4) is 0 Å². The molecule has 1 unspecified atom stereocenters. The van der Waals surface area contributed by atoms with Gasteiger partial charge in [-0.15, -0.1) is 0 Å². The molecule has 3 nitrogen and oxygen atoms in total. The van der Waals surface area contributed by atoms with E-state index in [-0.39, 0.29) is 6.04 Å². The summed E-state index contributed by atoms with van der Waals surface area (Å²) >= 11 is 0. The number of hydrazine groups is 1. The van der Waals surface area contributed by atoms with Crippen LogP contribution in [-0.2, 0) is 0 Å². The highest BCUT2D eigenvalue weighted by Crippen LogP contribution is 2.16. The second-order valence-electron chi connectivity index (χ2n) is 3.66. The van der Waals surface area contributed by atoms with Crippen molar-refractivity contribution in [2.24, 2.45) is 5.84 Å². The van der Waals surface area contributed by atoms with Crippen LogP contribution in [0.4, 0.5) is 8.78 Å². The van der Waals surface area contributed by atoms with Crippen molar-refractivity contribution < 1.29 is 8.78 Å². The number of nitrogens with two attached hydrogens (primary N) is 1. The van der Waals surface area contributed by atoms with Crippen molar-refractivity contribution in [3.05, 3.63) is 35.4 Å². The van der Waals surface area contributed by atoms with Crippen molar-refractivity contribution in [2.75, 3.05) is 20.6 Å². The van der Waals surface area contributed by atoms with Gasteiger partial charge >= 0.3 is 0 Å². The third-order valence-electron chi connectivity index (χ3n) is 2.09. The normalized spacial score (nSPS) is 13.2. The van der Waals surface area contributed by atoms with Crippen LogP contribution in [0.2, 0.25) is 0 Å². The van der Waals surface area contributed by atoms with Gasteiger partial charge in [0.05, 0.1) is 6.04 Å². The number of halogens is 2. The molecule has 0 saturated heterocycles. The molecule has 0 radical (unpaired) electrons. The highest BCUT2D eigenvalue weighted by Gasteiger charge is 2.12. The lowest BCUT2D eigenvalue weighted by Crippen LogP contribution is -2.35. The second-order valence-corrected chi connectivity index (χ2v) is 3.66. The first-order chi connectivity index (χ1) is 7.04. The smallest absolute Gasteiger partial charge is 0.159 e. The maximum atomic E-state index is 13.0. The Balaban J connectivity index is 2.87. The van der Waals surface area contributed by atoms with Crippen molar-refractivity contribution in [1.29, 1.82) is 0 Å². The Morgan fingerprint density at radius 2 is 2.00 bits per heavy atom. The molecule has 0 aliphatic rings. The first-order valence-electron chi connectivity index (χ1n) is 4.60. The quantitative estimate of drug-likeness (QED) is 0.582. The Hall–Kier alpha value is -1.04. The van der Waals surface area contributed by atoms with Gasteiger partial charge < -0.3 is 4.90 Å². The molecular weight excluding hydrogens is 200 g/mol. The van der Waals surface area contributed by atoms with E-state index in [4.69, 9.17) is 5.84 Å². The number of likely N-dealkylation sites (N-methyl/N-ethyl adjacent to an activating group) is 1. The third-order valence-corrected chi connectivity index (χ3v) is 2.09. The van der Waals surface area contributed by atoms with Gasteiger partial charge in [0.15, 0.2) is 11.6 Å². The summed E-state index contributed by atoms with van der Waals surface area (Å²) in [5, 5.41) is 0. The molecule has 3 N–H and O–H groups in total. The van der Waals surface area contributed by atoms with E-state index in [1.54, 1.807) is 0 Å². The van der Waals surface area contributed by atoms with E-state index >= 15 is 0 Å². The Bertz CT molecular complexity index is 328.